The quantitative estimate of drug-likeness (QED) is 0.660. The van der Waals surface area contributed by atoms with Crippen LogP contribution in [0.15, 0.2) is 22.7 Å². The van der Waals surface area contributed by atoms with Crippen LogP contribution in [-0.2, 0) is 0 Å². The molecule has 0 bridgehead atoms. The van der Waals surface area contributed by atoms with Crippen LogP contribution in [0, 0.1) is 11.3 Å². The second-order valence-corrected chi connectivity index (χ2v) is 5.45. The van der Waals surface area contributed by atoms with Gasteiger partial charge in [-0.15, -0.1) is 0 Å². The molecule has 0 aromatic heterocycles. The van der Waals surface area contributed by atoms with E-state index in [1.165, 1.54) is 25.7 Å². The molecule has 0 heterocycles. The lowest BCUT2D eigenvalue weighted by Crippen LogP contribution is -2.12. The Morgan fingerprint density at radius 2 is 2.11 bits per heavy atom. The summed E-state index contributed by atoms with van der Waals surface area (Å²) in [5.41, 5.74) is 0.588. The summed E-state index contributed by atoms with van der Waals surface area (Å²) in [4.78, 5) is 0. The Bertz CT molecular complexity index is 411. The van der Waals surface area contributed by atoms with Crippen molar-refractivity contribution in [2.75, 3.05) is 0 Å². The molecule has 1 rings (SSSR count). The average Bonchev–Trinajstić information content (AvgIpc) is 2.37. The average molecular weight is 310 g/mol. The summed E-state index contributed by atoms with van der Waals surface area (Å²) in [5, 5.41) is 9.05. The number of halogens is 1. The molecule has 0 saturated carbocycles. The molecule has 0 N–H and O–H groups in total. The minimum atomic E-state index is 0.162. The van der Waals surface area contributed by atoms with Gasteiger partial charge >= 0.3 is 0 Å². The Hall–Kier alpha value is -1.01. The predicted octanol–water partition coefficient (Wildman–Crippen LogP) is 5.06. The number of hydrogen-bond donors (Lipinski definition) is 0. The first kappa shape index (κ1) is 15.0. The maximum absolute atomic E-state index is 9.05. The maximum atomic E-state index is 9.05. The second-order valence-electron chi connectivity index (χ2n) is 4.53. The van der Waals surface area contributed by atoms with Gasteiger partial charge < -0.3 is 4.74 Å². The van der Waals surface area contributed by atoms with E-state index < -0.39 is 0 Å². The molecule has 0 spiro atoms. The standard InChI is InChI=1S/C15H20BrNO/c1-3-4-5-6-7-12(2)18-15-9-8-14(16)10-13(15)11-17/h8-10,12H,3-7H2,1-2H3. The summed E-state index contributed by atoms with van der Waals surface area (Å²) >= 11 is 3.36. The largest absolute Gasteiger partial charge is 0.489 e. The maximum Gasteiger partial charge on any atom is 0.137 e. The summed E-state index contributed by atoms with van der Waals surface area (Å²) in [6.07, 6.45) is 6.19. The van der Waals surface area contributed by atoms with Crippen LogP contribution in [0.2, 0.25) is 0 Å². The summed E-state index contributed by atoms with van der Waals surface area (Å²) in [6, 6.07) is 7.71. The topological polar surface area (TPSA) is 33.0 Å². The van der Waals surface area contributed by atoms with Crippen LogP contribution in [0.4, 0.5) is 0 Å². The first-order valence-corrected chi connectivity index (χ1v) is 7.33. The molecule has 2 nitrogen and oxygen atoms in total. The fourth-order valence-electron chi connectivity index (χ4n) is 1.83. The van der Waals surface area contributed by atoms with Gasteiger partial charge in [0.25, 0.3) is 0 Å². The molecule has 1 atom stereocenters. The van der Waals surface area contributed by atoms with Crippen molar-refractivity contribution in [3.8, 4) is 11.8 Å². The van der Waals surface area contributed by atoms with E-state index in [4.69, 9.17) is 10.00 Å². The minimum Gasteiger partial charge on any atom is -0.489 e. The summed E-state index contributed by atoms with van der Waals surface area (Å²) in [5.74, 6) is 0.684. The fourth-order valence-corrected chi connectivity index (χ4v) is 2.19. The van der Waals surface area contributed by atoms with Crippen molar-refractivity contribution < 1.29 is 4.74 Å². The van der Waals surface area contributed by atoms with Crippen LogP contribution in [0.3, 0.4) is 0 Å². The molecular formula is C15H20BrNO. The minimum absolute atomic E-state index is 0.162. The third-order valence-electron chi connectivity index (χ3n) is 2.85. The van der Waals surface area contributed by atoms with E-state index in [2.05, 4.69) is 35.8 Å². The zero-order valence-electron chi connectivity index (χ0n) is 11.1. The van der Waals surface area contributed by atoms with Gasteiger partial charge in [-0.1, -0.05) is 42.1 Å². The highest BCUT2D eigenvalue weighted by Crippen LogP contribution is 2.24. The number of benzene rings is 1. The summed E-state index contributed by atoms with van der Waals surface area (Å²) < 4.78 is 6.73. The van der Waals surface area contributed by atoms with Crippen LogP contribution in [-0.4, -0.2) is 6.10 Å². The number of rotatable bonds is 7. The van der Waals surface area contributed by atoms with Gasteiger partial charge in [0.15, 0.2) is 0 Å². The molecule has 1 aromatic carbocycles. The second kappa shape index (κ2) is 8.16. The number of unbranched alkanes of at least 4 members (excludes halogenated alkanes) is 3. The molecule has 18 heavy (non-hydrogen) atoms. The van der Waals surface area contributed by atoms with E-state index in [-0.39, 0.29) is 6.10 Å². The molecular weight excluding hydrogens is 290 g/mol. The van der Waals surface area contributed by atoms with Crippen molar-refractivity contribution in [1.29, 1.82) is 5.26 Å². The van der Waals surface area contributed by atoms with Gasteiger partial charge in [-0.2, -0.15) is 5.26 Å². The predicted molar refractivity (Wildman–Crippen MR) is 77.7 cm³/mol. The van der Waals surface area contributed by atoms with E-state index in [1.54, 1.807) is 6.07 Å². The highest BCUT2D eigenvalue weighted by atomic mass is 79.9. The molecule has 3 heteroatoms. The Kier molecular flexibility index (Phi) is 6.82. The Balaban J connectivity index is 2.49. The Morgan fingerprint density at radius 1 is 1.33 bits per heavy atom. The lowest BCUT2D eigenvalue weighted by Gasteiger charge is -2.15. The highest BCUT2D eigenvalue weighted by Gasteiger charge is 2.08. The van der Waals surface area contributed by atoms with Crippen molar-refractivity contribution in [2.45, 2.75) is 52.1 Å². The van der Waals surface area contributed by atoms with Crippen LogP contribution in [0.1, 0.15) is 51.5 Å². The first-order chi connectivity index (χ1) is 8.67. The lowest BCUT2D eigenvalue weighted by molar-refractivity contribution is 0.206. The van der Waals surface area contributed by atoms with Gasteiger partial charge in [0.05, 0.1) is 11.7 Å². The Morgan fingerprint density at radius 3 is 2.78 bits per heavy atom. The van der Waals surface area contributed by atoms with E-state index in [9.17, 15) is 0 Å². The molecule has 0 aliphatic heterocycles. The third kappa shape index (κ3) is 5.10. The molecule has 0 radical (unpaired) electrons. The third-order valence-corrected chi connectivity index (χ3v) is 3.35. The van der Waals surface area contributed by atoms with Crippen molar-refractivity contribution in [3.05, 3.63) is 28.2 Å². The van der Waals surface area contributed by atoms with Crippen LogP contribution in [0.5, 0.6) is 5.75 Å². The molecule has 0 amide bonds. The zero-order chi connectivity index (χ0) is 13.4. The zero-order valence-corrected chi connectivity index (χ0v) is 12.7. The molecule has 98 valence electrons. The van der Waals surface area contributed by atoms with Crippen molar-refractivity contribution in [1.82, 2.24) is 0 Å². The van der Waals surface area contributed by atoms with Crippen molar-refractivity contribution >= 4 is 15.9 Å². The van der Waals surface area contributed by atoms with Gasteiger partial charge in [-0.25, -0.2) is 0 Å². The van der Waals surface area contributed by atoms with Gasteiger partial charge in [0, 0.05) is 4.47 Å². The highest BCUT2D eigenvalue weighted by molar-refractivity contribution is 9.10. The van der Waals surface area contributed by atoms with Crippen LogP contribution < -0.4 is 4.74 Å². The van der Waals surface area contributed by atoms with Gasteiger partial charge in [0.1, 0.15) is 11.8 Å². The number of nitrogens with zero attached hydrogens (tertiary/aromatic N) is 1. The van der Waals surface area contributed by atoms with Crippen molar-refractivity contribution in [2.24, 2.45) is 0 Å². The molecule has 0 fully saturated rings. The lowest BCUT2D eigenvalue weighted by atomic mass is 10.1. The monoisotopic (exact) mass is 309 g/mol. The number of hydrogen-bond acceptors (Lipinski definition) is 2. The molecule has 1 aromatic rings. The van der Waals surface area contributed by atoms with Gasteiger partial charge in [-0.3, -0.25) is 0 Å². The molecule has 0 saturated heterocycles. The molecule has 0 aliphatic carbocycles. The van der Waals surface area contributed by atoms with Crippen LogP contribution in [0.25, 0.3) is 0 Å². The summed E-state index contributed by atoms with van der Waals surface area (Å²) in [7, 11) is 0. The van der Waals surface area contributed by atoms with E-state index in [1.807, 2.05) is 12.1 Å². The number of ether oxygens (including phenoxy) is 1. The van der Waals surface area contributed by atoms with E-state index in [0.717, 1.165) is 10.9 Å². The molecule has 0 aliphatic rings. The molecule has 1 unspecified atom stereocenters. The first-order valence-electron chi connectivity index (χ1n) is 6.53. The Labute approximate surface area is 118 Å². The van der Waals surface area contributed by atoms with Crippen molar-refractivity contribution in [3.63, 3.8) is 0 Å². The fraction of sp³-hybridized carbons (Fsp3) is 0.533. The normalized spacial score (nSPS) is 11.9. The van der Waals surface area contributed by atoms with Crippen LogP contribution >= 0.6 is 15.9 Å². The van der Waals surface area contributed by atoms with E-state index in [0.29, 0.717) is 11.3 Å². The number of nitriles is 1. The smallest absolute Gasteiger partial charge is 0.137 e. The summed E-state index contributed by atoms with van der Waals surface area (Å²) in [6.45, 7) is 4.27. The van der Waals surface area contributed by atoms with Gasteiger partial charge in [-0.05, 0) is 38.0 Å². The SMILES string of the molecule is CCCCCCC(C)Oc1ccc(Br)cc1C#N. The van der Waals surface area contributed by atoms with E-state index >= 15 is 0 Å². The van der Waals surface area contributed by atoms with Gasteiger partial charge in [0.2, 0.25) is 0 Å².